The van der Waals surface area contributed by atoms with E-state index in [1.54, 1.807) is 12.1 Å². The van der Waals surface area contributed by atoms with Gasteiger partial charge in [-0.2, -0.15) is 0 Å². The fourth-order valence-corrected chi connectivity index (χ4v) is 4.23. The van der Waals surface area contributed by atoms with Crippen molar-refractivity contribution in [3.63, 3.8) is 0 Å². The van der Waals surface area contributed by atoms with Gasteiger partial charge in [0.05, 0.1) is 17.2 Å². The second-order valence-electron chi connectivity index (χ2n) is 7.94. The van der Waals surface area contributed by atoms with Crippen LogP contribution in [0.1, 0.15) is 62.2 Å². The van der Waals surface area contributed by atoms with Crippen molar-refractivity contribution in [2.24, 2.45) is 17.4 Å². The van der Waals surface area contributed by atoms with Gasteiger partial charge in [-0.3, -0.25) is 9.59 Å². The number of hydrogen-bond donors (Lipinski definition) is 3. The number of primary amides is 1. The van der Waals surface area contributed by atoms with E-state index < -0.39 is 11.4 Å². The lowest BCUT2D eigenvalue weighted by atomic mass is 9.74. The second kappa shape index (κ2) is 7.66. The lowest BCUT2D eigenvalue weighted by molar-refractivity contribution is -0.122. The van der Waals surface area contributed by atoms with E-state index in [1.165, 1.54) is 6.42 Å². The Morgan fingerprint density at radius 3 is 2.54 bits per heavy atom. The molecule has 5 N–H and O–H groups in total. The van der Waals surface area contributed by atoms with Gasteiger partial charge in [-0.05, 0) is 57.2 Å². The van der Waals surface area contributed by atoms with Gasteiger partial charge in [0, 0.05) is 24.3 Å². The maximum absolute atomic E-state index is 12.8. The fourth-order valence-electron chi connectivity index (χ4n) is 4.23. The molecule has 1 saturated carbocycles. The molecule has 6 nitrogen and oxygen atoms in total. The van der Waals surface area contributed by atoms with E-state index in [-0.39, 0.29) is 11.8 Å². The molecular formula is C20H30N4O2. The number of nitrogens with zero attached hydrogens (tertiary/aromatic N) is 1. The van der Waals surface area contributed by atoms with Crippen LogP contribution in [-0.4, -0.2) is 30.4 Å². The molecule has 1 aliphatic heterocycles. The molecule has 0 bridgehead atoms. The van der Waals surface area contributed by atoms with Crippen LogP contribution in [0.3, 0.4) is 0 Å². The lowest BCUT2D eigenvalue weighted by Gasteiger charge is -2.37. The predicted octanol–water partition coefficient (Wildman–Crippen LogP) is 2.62. The van der Waals surface area contributed by atoms with Crippen LogP contribution in [0.4, 0.5) is 11.4 Å². The Labute approximate surface area is 155 Å². The number of amides is 2. The van der Waals surface area contributed by atoms with Crippen molar-refractivity contribution in [2.75, 3.05) is 23.3 Å². The molecule has 2 aliphatic rings. The predicted molar refractivity (Wildman–Crippen MR) is 104 cm³/mol. The molecule has 1 aliphatic carbocycles. The molecular weight excluding hydrogens is 328 g/mol. The quantitative estimate of drug-likeness (QED) is 0.770. The van der Waals surface area contributed by atoms with Gasteiger partial charge in [-0.15, -0.1) is 0 Å². The summed E-state index contributed by atoms with van der Waals surface area (Å²) in [6.45, 7) is 3.77. The van der Waals surface area contributed by atoms with E-state index in [0.29, 0.717) is 11.3 Å². The molecule has 1 aromatic rings. The van der Waals surface area contributed by atoms with Crippen molar-refractivity contribution in [1.29, 1.82) is 0 Å². The summed E-state index contributed by atoms with van der Waals surface area (Å²) in [5.74, 6) is -0.665. The molecule has 0 radical (unpaired) electrons. The standard InChI is InChI=1S/C20H30N4O2/c1-20(22)10-4-3-7-16(20)19(26)23-14-8-9-15(18(21)25)17(13-14)24-11-5-2-6-12-24/h8-9,13,16H,2-7,10-12,22H2,1H3,(H2,21,25)(H,23,26). The Bertz CT molecular complexity index is 680. The number of nitrogens with one attached hydrogen (secondary N) is 1. The van der Waals surface area contributed by atoms with Gasteiger partial charge in [0.25, 0.3) is 5.91 Å². The van der Waals surface area contributed by atoms with Crippen LogP contribution < -0.4 is 21.7 Å². The number of nitrogens with two attached hydrogens (primary N) is 2. The molecule has 2 unspecified atom stereocenters. The van der Waals surface area contributed by atoms with Crippen LogP contribution in [0.15, 0.2) is 18.2 Å². The van der Waals surface area contributed by atoms with E-state index in [0.717, 1.165) is 57.3 Å². The molecule has 1 aromatic carbocycles. The SMILES string of the molecule is CC1(N)CCCCC1C(=O)Nc1ccc(C(N)=O)c(N2CCCCC2)c1. The number of anilines is 2. The average Bonchev–Trinajstić information content (AvgIpc) is 2.61. The highest BCUT2D eigenvalue weighted by atomic mass is 16.2. The minimum Gasteiger partial charge on any atom is -0.371 e. The van der Waals surface area contributed by atoms with Crippen molar-refractivity contribution >= 4 is 23.2 Å². The minimum atomic E-state index is -0.467. The number of carbonyl (C=O) groups is 2. The molecule has 6 heteroatoms. The topological polar surface area (TPSA) is 101 Å². The van der Waals surface area contributed by atoms with Gasteiger partial charge in [0.15, 0.2) is 0 Å². The summed E-state index contributed by atoms with van der Waals surface area (Å²) in [7, 11) is 0. The molecule has 1 heterocycles. The van der Waals surface area contributed by atoms with Gasteiger partial charge in [0.1, 0.15) is 0 Å². The molecule has 1 saturated heterocycles. The highest BCUT2D eigenvalue weighted by Crippen LogP contribution is 2.33. The molecule has 2 amide bonds. The van der Waals surface area contributed by atoms with Crippen LogP contribution in [0.25, 0.3) is 0 Å². The first-order valence-electron chi connectivity index (χ1n) is 9.67. The van der Waals surface area contributed by atoms with Crippen LogP contribution in [0, 0.1) is 5.92 Å². The Morgan fingerprint density at radius 2 is 1.88 bits per heavy atom. The highest BCUT2D eigenvalue weighted by Gasteiger charge is 2.37. The first kappa shape index (κ1) is 18.7. The smallest absolute Gasteiger partial charge is 0.250 e. The third-order valence-electron chi connectivity index (χ3n) is 5.80. The maximum atomic E-state index is 12.8. The van der Waals surface area contributed by atoms with Crippen molar-refractivity contribution in [2.45, 2.75) is 57.4 Å². The lowest BCUT2D eigenvalue weighted by Crippen LogP contribution is -2.51. The van der Waals surface area contributed by atoms with Crippen molar-refractivity contribution in [3.05, 3.63) is 23.8 Å². The molecule has 142 valence electrons. The summed E-state index contributed by atoms with van der Waals surface area (Å²) in [6, 6.07) is 5.34. The monoisotopic (exact) mass is 358 g/mol. The van der Waals surface area contributed by atoms with E-state index in [1.807, 2.05) is 13.0 Å². The third-order valence-corrected chi connectivity index (χ3v) is 5.80. The minimum absolute atomic E-state index is 0.0360. The first-order valence-corrected chi connectivity index (χ1v) is 9.67. The summed E-state index contributed by atoms with van der Waals surface area (Å²) in [4.78, 5) is 26.8. The Morgan fingerprint density at radius 1 is 1.15 bits per heavy atom. The zero-order valence-corrected chi connectivity index (χ0v) is 15.6. The summed E-state index contributed by atoms with van der Waals surface area (Å²) < 4.78 is 0. The second-order valence-corrected chi connectivity index (χ2v) is 7.94. The third kappa shape index (κ3) is 4.01. The molecule has 3 rings (SSSR count). The van der Waals surface area contributed by atoms with E-state index in [2.05, 4.69) is 10.2 Å². The average molecular weight is 358 g/mol. The Hall–Kier alpha value is -2.08. The first-order chi connectivity index (χ1) is 12.4. The summed E-state index contributed by atoms with van der Waals surface area (Å²) in [5.41, 5.74) is 13.5. The van der Waals surface area contributed by atoms with E-state index in [9.17, 15) is 9.59 Å². The number of hydrogen-bond acceptors (Lipinski definition) is 4. The molecule has 2 atom stereocenters. The van der Waals surface area contributed by atoms with E-state index >= 15 is 0 Å². The number of piperidine rings is 1. The Kier molecular flexibility index (Phi) is 5.51. The largest absolute Gasteiger partial charge is 0.371 e. The van der Waals surface area contributed by atoms with Crippen LogP contribution in [-0.2, 0) is 4.79 Å². The van der Waals surface area contributed by atoms with Crippen molar-refractivity contribution < 1.29 is 9.59 Å². The number of benzene rings is 1. The van der Waals surface area contributed by atoms with Gasteiger partial charge in [-0.1, -0.05) is 12.8 Å². The number of carbonyl (C=O) groups excluding carboxylic acids is 2. The molecule has 0 aromatic heterocycles. The molecule has 26 heavy (non-hydrogen) atoms. The van der Waals surface area contributed by atoms with Crippen molar-refractivity contribution in [1.82, 2.24) is 0 Å². The normalized spacial score (nSPS) is 26.4. The van der Waals surface area contributed by atoms with Gasteiger partial charge in [-0.25, -0.2) is 0 Å². The molecule has 0 spiro atoms. The molecule has 2 fully saturated rings. The van der Waals surface area contributed by atoms with Crippen LogP contribution in [0.2, 0.25) is 0 Å². The van der Waals surface area contributed by atoms with Crippen molar-refractivity contribution in [3.8, 4) is 0 Å². The van der Waals surface area contributed by atoms with Gasteiger partial charge in [0.2, 0.25) is 5.91 Å². The zero-order valence-electron chi connectivity index (χ0n) is 15.6. The van der Waals surface area contributed by atoms with Gasteiger partial charge < -0.3 is 21.7 Å². The number of rotatable bonds is 4. The van der Waals surface area contributed by atoms with E-state index in [4.69, 9.17) is 11.5 Å². The maximum Gasteiger partial charge on any atom is 0.250 e. The summed E-state index contributed by atoms with van der Waals surface area (Å²) in [6.07, 6.45) is 7.19. The highest BCUT2D eigenvalue weighted by molar-refractivity contribution is 6.01. The zero-order chi connectivity index (χ0) is 18.7. The van der Waals surface area contributed by atoms with Gasteiger partial charge >= 0.3 is 0 Å². The Balaban J connectivity index is 1.81. The van der Waals surface area contributed by atoms with Crippen LogP contribution in [0.5, 0.6) is 0 Å². The summed E-state index contributed by atoms with van der Waals surface area (Å²) in [5, 5.41) is 3.02. The fraction of sp³-hybridized carbons (Fsp3) is 0.600. The van der Waals surface area contributed by atoms with Crippen LogP contribution >= 0.6 is 0 Å². The summed E-state index contributed by atoms with van der Waals surface area (Å²) >= 11 is 0.